The first kappa shape index (κ1) is 18.2. The number of carbonyl (C=O) groups is 1. The number of benzene rings is 2. The molecule has 2 N–H and O–H groups in total. The van der Waals surface area contributed by atoms with Crippen molar-refractivity contribution in [1.29, 1.82) is 0 Å². The second kappa shape index (κ2) is 8.17. The molecule has 0 atom stereocenters. The molecule has 0 spiro atoms. The van der Waals surface area contributed by atoms with Gasteiger partial charge in [0.1, 0.15) is 0 Å². The minimum absolute atomic E-state index is 0.329. The maximum absolute atomic E-state index is 12.3. The van der Waals surface area contributed by atoms with Crippen molar-refractivity contribution < 1.29 is 4.79 Å². The summed E-state index contributed by atoms with van der Waals surface area (Å²) in [5, 5.41) is 6.77. The van der Waals surface area contributed by atoms with E-state index in [-0.39, 0.29) is 5.91 Å². The molecule has 0 fully saturated rings. The average Bonchev–Trinajstić information content (AvgIpc) is 2.62. The average molecular weight is 387 g/mol. The predicted octanol–water partition coefficient (Wildman–Crippen LogP) is 5.34. The van der Waals surface area contributed by atoms with Gasteiger partial charge < -0.3 is 10.6 Å². The molecule has 1 heterocycles. The predicted molar refractivity (Wildman–Crippen MR) is 106 cm³/mol. The summed E-state index contributed by atoms with van der Waals surface area (Å²) in [6.07, 6.45) is 3.82. The Hall–Kier alpha value is -2.63. The highest BCUT2D eigenvalue weighted by atomic mass is 35.5. The molecule has 0 aliphatic carbocycles. The zero-order valence-corrected chi connectivity index (χ0v) is 15.5. The van der Waals surface area contributed by atoms with Gasteiger partial charge in [0.05, 0.1) is 5.56 Å². The van der Waals surface area contributed by atoms with Crippen LogP contribution in [0.25, 0.3) is 0 Å². The Bertz CT molecular complexity index is 909. The van der Waals surface area contributed by atoms with E-state index in [1.54, 1.807) is 18.2 Å². The van der Waals surface area contributed by atoms with Crippen LogP contribution in [0.3, 0.4) is 0 Å². The smallest absolute Gasteiger partial charge is 0.258 e. The number of anilines is 3. The highest BCUT2D eigenvalue weighted by Gasteiger charge is 2.09. The summed E-state index contributed by atoms with van der Waals surface area (Å²) < 4.78 is 0. The van der Waals surface area contributed by atoms with E-state index < -0.39 is 0 Å². The van der Waals surface area contributed by atoms with Gasteiger partial charge in [0, 0.05) is 33.8 Å². The summed E-state index contributed by atoms with van der Waals surface area (Å²) in [5.74, 6) is 0.0806. The fourth-order valence-corrected chi connectivity index (χ4v) is 2.94. The number of rotatable bonds is 5. The summed E-state index contributed by atoms with van der Waals surface area (Å²) in [6.45, 7) is 2.08. The van der Waals surface area contributed by atoms with Gasteiger partial charge in [-0.2, -0.15) is 0 Å². The first-order chi connectivity index (χ1) is 12.5. The largest absolute Gasteiger partial charge is 0.324 e. The first-order valence-corrected chi connectivity index (χ1v) is 8.75. The standard InChI is InChI=1S/C19H16Cl2N4O/c1-2-12-5-3-4-6-17(12)25-19-22-10-13(11-23-19)18(26)24-16-8-14(20)7-15(21)9-16/h3-11H,2H2,1H3,(H,24,26)(H,22,23,25). The van der Waals surface area contributed by atoms with Crippen LogP contribution >= 0.6 is 23.2 Å². The van der Waals surface area contributed by atoms with Crippen molar-refractivity contribution in [2.24, 2.45) is 0 Å². The molecule has 2 aromatic carbocycles. The minimum atomic E-state index is -0.344. The molecule has 1 amide bonds. The summed E-state index contributed by atoms with van der Waals surface area (Å²) in [4.78, 5) is 20.7. The molecule has 0 aliphatic rings. The highest BCUT2D eigenvalue weighted by molar-refractivity contribution is 6.35. The number of aryl methyl sites for hydroxylation is 1. The van der Waals surface area contributed by atoms with E-state index in [0.717, 1.165) is 17.7 Å². The van der Waals surface area contributed by atoms with Crippen molar-refractivity contribution in [2.75, 3.05) is 10.6 Å². The summed E-state index contributed by atoms with van der Waals surface area (Å²) in [6, 6.07) is 12.8. The SMILES string of the molecule is CCc1ccccc1Nc1ncc(C(=O)Nc2cc(Cl)cc(Cl)c2)cn1. The Morgan fingerprint density at radius 1 is 1.04 bits per heavy atom. The van der Waals surface area contributed by atoms with Gasteiger partial charge in [-0.05, 0) is 36.2 Å². The van der Waals surface area contributed by atoms with E-state index in [4.69, 9.17) is 23.2 Å². The van der Waals surface area contributed by atoms with Crippen LogP contribution in [0.2, 0.25) is 10.0 Å². The van der Waals surface area contributed by atoms with Gasteiger partial charge in [0.25, 0.3) is 5.91 Å². The van der Waals surface area contributed by atoms with Gasteiger partial charge in [-0.1, -0.05) is 48.3 Å². The fraction of sp³-hybridized carbons (Fsp3) is 0.105. The normalized spacial score (nSPS) is 10.4. The molecule has 0 radical (unpaired) electrons. The Morgan fingerprint density at radius 3 is 2.35 bits per heavy atom. The van der Waals surface area contributed by atoms with E-state index in [1.807, 2.05) is 24.3 Å². The molecule has 3 rings (SSSR count). The molecule has 26 heavy (non-hydrogen) atoms. The van der Waals surface area contributed by atoms with Gasteiger partial charge in [0.2, 0.25) is 5.95 Å². The van der Waals surface area contributed by atoms with Crippen molar-refractivity contribution in [2.45, 2.75) is 13.3 Å². The number of halogens is 2. The number of carbonyl (C=O) groups excluding carboxylic acids is 1. The Balaban J connectivity index is 1.71. The minimum Gasteiger partial charge on any atom is -0.324 e. The van der Waals surface area contributed by atoms with Crippen molar-refractivity contribution >= 4 is 46.4 Å². The Labute approximate surface area is 161 Å². The fourth-order valence-electron chi connectivity index (χ4n) is 2.41. The van der Waals surface area contributed by atoms with Crippen molar-refractivity contribution in [3.05, 3.63) is 76.0 Å². The van der Waals surface area contributed by atoms with Crippen LogP contribution in [-0.2, 0) is 6.42 Å². The lowest BCUT2D eigenvalue weighted by atomic mass is 10.1. The van der Waals surface area contributed by atoms with Gasteiger partial charge in [0.15, 0.2) is 0 Å². The third-order valence-corrected chi connectivity index (χ3v) is 4.12. The zero-order chi connectivity index (χ0) is 18.5. The topological polar surface area (TPSA) is 66.9 Å². The maximum Gasteiger partial charge on any atom is 0.258 e. The van der Waals surface area contributed by atoms with E-state index in [0.29, 0.717) is 27.2 Å². The van der Waals surface area contributed by atoms with Crippen LogP contribution in [0.5, 0.6) is 0 Å². The number of hydrogen-bond donors (Lipinski definition) is 2. The van der Waals surface area contributed by atoms with E-state index in [9.17, 15) is 4.79 Å². The van der Waals surface area contributed by atoms with Crippen LogP contribution in [0.4, 0.5) is 17.3 Å². The molecule has 0 unspecified atom stereocenters. The molecular weight excluding hydrogens is 371 g/mol. The quantitative estimate of drug-likeness (QED) is 0.620. The lowest BCUT2D eigenvalue weighted by Gasteiger charge is -2.10. The lowest BCUT2D eigenvalue weighted by molar-refractivity contribution is 0.102. The van der Waals surface area contributed by atoms with Crippen molar-refractivity contribution in [3.8, 4) is 0 Å². The molecule has 5 nitrogen and oxygen atoms in total. The molecule has 0 saturated heterocycles. The zero-order valence-electron chi connectivity index (χ0n) is 14.0. The second-order valence-corrected chi connectivity index (χ2v) is 6.42. The Kier molecular flexibility index (Phi) is 5.71. The van der Waals surface area contributed by atoms with Gasteiger partial charge in [-0.3, -0.25) is 4.79 Å². The molecular formula is C19H16Cl2N4O. The van der Waals surface area contributed by atoms with Crippen molar-refractivity contribution in [3.63, 3.8) is 0 Å². The van der Waals surface area contributed by atoms with Crippen LogP contribution in [-0.4, -0.2) is 15.9 Å². The molecule has 0 bridgehead atoms. The van der Waals surface area contributed by atoms with E-state index >= 15 is 0 Å². The molecule has 1 aromatic heterocycles. The van der Waals surface area contributed by atoms with Crippen LogP contribution < -0.4 is 10.6 Å². The number of hydrogen-bond acceptors (Lipinski definition) is 4. The number of para-hydroxylation sites is 1. The van der Waals surface area contributed by atoms with E-state index in [1.165, 1.54) is 12.4 Å². The number of nitrogens with one attached hydrogen (secondary N) is 2. The molecule has 0 saturated carbocycles. The van der Waals surface area contributed by atoms with Crippen LogP contribution in [0.15, 0.2) is 54.9 Å². The van der Waals surface area contributed by atoms with Gasteiger partial charge >= 0.3 is 0 Å². The number of aromatic nitrogens is 2. The second-order valence-electron chi connectivity index (χ2n) is 5.54. The highest BCUT2D eigenvalue weighted by Crippen LogP contribution is 2.23. The van der Waals surface area contributed by atoms with E-state index in [2.05, 4.69) is 27.5 Å². The monoisotopic (exact) mass is 386 g/mol. The Morgan fingerprint density at radius 2 is 1.69 bits per heavy atom. The number of nitrogens with zero attached hydrogens (tertiary/aromatic N) is 2. The molecule has 0 aliphatic heterocycles. The first-order valence-electron chi connectivity index (χ1n) is 7.99. The van der Waals surface area contributed by atoms with Gasteiger partial charge in [-0.15, -0.1) is 0 Å². The molecule has 132 valence electrons. The molecule has 7 heteroatoms. The third kappa shape index (κ3) is 4.50. The lowest BCUT2D eigenvalue weighted by Crippen LogP contribution is -2.13. The summed E-state index contributed by atoms with van der Waals surface area (Å²) in [7, 11) is 0. The maximum atomic E-state index is 12.3. The van der Waals surface area contributed by atoms with Crippen LogP contribution in [0, 0.1) is 0 Å². The summed E-state index contributed by atoms with van der Waals surface area (Å²) in [5.41, 5.74) is 2.94. The molecule has 3 aromatic rings. The van der Waals surface area contributed by atoms with Crippen LogP contribution in [0.1, 0.15) is 22.8 Å². The summed E-state index contributed by atoms with van der Waals surface area (Å²) >= 11 is 11.9. The van der Waals surface area contributed by atoms with Gasteiger partial charge in [-0.25, -0.2) is 9.97 Å². The third-order valence-electron chi connectivity index (χ3n) is 3.68. The number of amides is 1. The van der Waals surface area contributed by atoms with Crippen molar-refractivity contribution in [1.82, 2.24) is 9.97 Å².